The first-order valence-electron chi connectivity index (χ1n) is 7.11. The maximum absolute atomic E-state index is 12.1. The van der Waals surface area contributed by atoms with Gasteiger partial charge in [0.25, 0.3) is 5.91 Å². The molecule has 1 N–H and O–H groups in total. The molecule has 0 radical (unpaired) electrons. The Morgan fingerprint density at radius 2 is 2.05 bits per heavy atom. The van der Waals surface area contributed by atoms with Gasteiger partial charge in [-0.3, -0.25) is 10.1 Å². The van der Waals surface area contributed by atoms with Gasteiger partial charge in [0, 0.05) is 5.25 Å². The summed E-state index contributed by atoms with van der Waals surface area (Å²) in [5.74, 6) is 0.426. The summed E-state index contributed by atoms with van der Waals surface area (Å²) in [5.41, 5.74) is 0. The molecule has 118 valence electrons. The zero-order valence-corrected chi connectivity index (χ0v) is 14.4. The minimum atomic E-state index is -0.600. The number of amides is 1. The van der Waals surface area contributed by atoms with Crippen molar-refractivity contribution in [2.45, 2.75) is 42.9 Å². The maximum Gasteiger partial charge on any atom is 0.266 e. The van der Waals surface area contributed by atoms with Gasteiger partial charge in [0.05, 0.1) is 0 Å². The third-order valence-electron chi connectivity index (χ3n) is 2.94. The predicted molar refractivity (Wildman–Crippen MR) is 90.7 cm³/mol. The van der Waals surface area contributed by atoms with Crippen LogP contribution in [0.25, 0.3) is 0 Å². The fraction of sp³-hybridized carbons (Fsp3) is 0.400. The minimum absolute atomic E-state index is 0.236. The molecular formula is C15H19N3O2S2. The molecular weight excluding hydrogens is 318 g/mol. The number of carbonyl (C=O) groups is 1. The number of thioether (sulfide) groups is 1. The van der Waals surface area contributed by atoms with E-state index in [-0.39, 0.29) is 5.91 Å². The molecule has 0 bridgehead atoms. The summed E-state index contributed by atoms with van der Waals surface area (Å²) in [6.07, 6.45) is 0.463. The van der Waals surface area contributed by atoms with Gasteiger partial charge >= 0.3 is 0 Å². The van der Waals surface area contributed by atoms with Crippen LogP contribution >= 0.6 is 23.1 Å². The van der Waals surface area contributed by atoms with E-state index < -0.39 is 6.10 Å². The first-order chi connectivity index (χ1) is 10.6. The Morgan fingerprint density at radius 3 is 2.73 bits per heavy atom. The van der Waals surface area contributed by atoms with Crippen molar-refractivity contribution >= 4 is 34.1 Å². The van der Waals surface area contributed by atoms with Crippen LogP contribution in [0.5, 0.6) is 5.75 Å². The average molecular weight is 337 g/mol. The van der Waals surface area contributed by atoms with Gasteiger partial charge in [-0.15, -0.1) is 10.2 Å². The van der Waals surface area contributed by atoms with Crippen molar-refractivity contribution in [2.75, 3.05) is 5.32 Å². The van der Waals surface area contributed by atoms with Crippen molar-refractivity contribution in [2.24, 2.45) is 0 Å². The number of nitrogens with one attached hydrogen (secondary N) is 1. The molecule has 1 aromatic carbocycles. The number of anilines is 1. The lowest BCUT2D eigenvalue weighted by molar-refractivity contribution is -0.122. The van der Waals surface area contributed by atoms with E-state index in [1.165, 1.54) is 11.3 Å². The molecule has 0 saturated carbocycles. The number of hydrogen-bond acceptors (Lipinski definition) is 6. The van der Waals surface area contributed by atoms with Crippen LogP contribution in [0.1, 0.15) is 27.2 Å². The highest BCUT2D eigenvalue weighted by atomic mass is 32.2. The Balaban J connectivity index is 1.88. The molecule has 0 fully saturated rings. The number of hydrogen-bond donors (Lipinski definition) is 1. The van der Waals surface area contributed by atoms with Crippen LogP contribution in [-0.4, -0.2) is 27.5 Å². The second kappa shape index (κ2) is 8.14. The molecule has 0 saturated heterocycles. The van der Waals surface area contributed by atoms with Crippen molar-refractivity contribution in [1.82, 2.24) is 10.2 Å². The fourth-order valence-corrected chi connectivity index (χ4v) is 3.53. The Morgan fingerprint density at radius 1 is 1.32 bits per heavy atom. The Hall–Kier alpha value is -1.60. The fourth-order valence-electron chi connectivity index (χ4n) is 1.53. The van der Waals surface area contributed by atoms with Crippen molar-refractivity contribution < 1.29 is 9.53 Å². The number of rotatable bonds is 7. The number of nitrogens with zero attached hydrogens (tertiary/aromatic N) is 2. The monoisotopic (exact) mass is 337 g/mol. The minimum Gasteiger partial charge on any atom is -0.481 e. The molecule has 1 amide bonds. The third kappa shape index (κ3) is 4.99. The van der Waals surface area contributed by atoms with Crippen molar-refractivity contribution in [3.05, 3.63) is 30.3 Å². The summed E-state index contributed by atoms with van der Waals surface area (Å²) in [4.78, 5) is 12.1. The number of carbonyl (C=O) groups excluding carboxylic acids is 1. The molecule has 22 heavy (non-hydrogen) atoms. The van der Waals surface area contributed by atoms with Gasteiger partial charge in [0.2, 0.25) is 5.13 Å². The lowest BCUT2D eigenvalue weighted by Crippen LogP contribution is -2.30. The SMILES string of the molecule is CC[C@H](C)Sc1nnc(NC(=O)[C@H](C)Oc2ccccc2)s1. The topological polar surface area (TPSA) is 64.1 Å². The maximum atomic E-state index is 12.1. The smallest absolute Gasteiger partial charge is 0.266 e. The molecule has 5 nitrogen and oxygen atoms in total. The zero-order chi connectivity index (χ0) is 15.9. The molecule has 2 aromatic rings. The molecule has 0 aliphatic heterocycles. The summed E-state index contributed by atoms with van der Waals surface area (Å²) in [6, 6.07) is 9.26. The normalized spacial score (nSPS) is 13.4. The first-order valence-corrected chi connectivity index (χ1v) is 8.80. The Labute approximate surface area is 138 Å². The summed E-state index contributed by atoms with van der Waals surface area (Å²) < 4.78 is 6.44. The largest absolute Gasteiger partial charge is 0.481 e. The van der Waals surface area contributed by atoms with Crippen LogP contribution in [0.2, 0.25) is 0 Å². The lowest BCUT2D eigenvalue weighted by Gasteiger charge is -2.13. The molecule has 0 spiro atoms. The third-order valence-corrected chi connectivity index (χ3v) is 5.13. The molecule has 0 aliphatic rings. The standard InChI is InChI=1S/C15H19N3O2S2/c1-4-10(2)21-15-18-17-14(22-15)16-13(19)11(3)20-12-8-6-5-7-9-12/h5-11H,4H2,1-3H3,(H,16,17,19)/t10-,11-/m0/s1. The van der Waals surface area contributed by atoms with E-state index in [2.05, 4.69) is 29.4 Å². The van der Waals surface area contributed by atoms with Crippen LogP contribution in [0.15, 0.2) is 34.7 Å². The van der Waals surface area contributed by atoms with Crippen LogP contribution in [0.3, 0.4) is 0 Å². The highest BCUT2D eigenvalue weighted by Gasteiger charge is 2.17. The second-order valence-corrected chi connectivity index (χ2v) is 7.44. The van der Waals surface area contributed by atoms with E-state index in [1.807, 2.05) is 30.3 Å². The predicted octanol–water partition coefficient (Wildman–Crippen LogP) is 3.83. The molecule has 1 heterocycles. The van der Waals surface area contributed by atoms with Crippen molar-refractivity contribution in [3.63, 3.8) is 0 Å². The van der Waals surface area contributed by atoms with Crippen LogP contribution in [-0.2, 0) is 4.79 Å². The van der Waals surface area contributed by atoms with E-state index in [4.69, 9.17) is 4.74 Å². The van der Waals surface area contributed by atoms with Crippen molar-refractivity contribution in [1.29, 1.82) is 0 Å². The molecule has 2 atom stereocenters. The first kappa shape index (κ1) is 16.8. The van der Waals surface area contributed by atoms with Crippen LogP contribution in [0, 0.1) is 0 Å². The summed E-state index contributed by atoms with van der Waals surface area (Å²) in [7, 11) is 0. The van der Waals surface area contributed by atoms with Crippen LogP contribution in [0.4, 0.5) is 5.13 Å². The molecule has 0 aliphatic carbocycles. The Kier molecular flexibility index (Phi) is 6.21. The zero-order valence-electron chi connectivity index (χ0n) is 12.8. The van der Waals surface area contributed by atoms with Gasteiger partial charge in [-0.2, -0.15) is 0 Å². The number of benzene rings is 1. The quantitative estimate of drug-likeness (QED) is 0.614. The molecule has 0 unspecified atom stereocenters. The number of ether oxygens (including phenoxy) is 1. The van der Waals surface area contributed by atoms with Crippen molar-refractivity contribution in [3.8, 4) is 5.75 Å². The van der Waals surface area contributed by atoms with E-state index in [1.54, 1.807) is 18.7 Å². The average Bonchev–Trinajstić information content (AvgIpc) is 2.95. The van der Waals surface area contributed by atoms with E-state index in [9.17, 15) is 4.79 Å². The molecule has 7 heteroatoms. The van der Waals surface area contributed by atoms with E-state index in [0.29, 0.717) is 16.1 Å². The molecule has 1 aromatic heterocycles. The Bertz CT molecular complexity index is 604. The summed E-state index contributed by atoms with van der Waals surface area (Å²) >= 11 is 3.05. The second-order valence-electron chi connectivity index (χ2n) is 4.77. The summed E-state index contributed by atoms with van der Waals surface area (Å²) in [5, 5.41) is 11.8. The number of aromatic nitrogens is 2. The van der Waals surface area contributed by atoms with Gasteiger partial charge in [0.1, 0.15) is 5.75 Å². The highest BCUT2D eigenvalue weighted by molar-refractivity contribution is 8.01. The van der Waals surface area contributed by atoms with Gasteiger partial charge in [-0.25, -0.2) is 0 Å². The van der Waals surface area contributed by atoms with Gasteiger partial charge < -0.3 is 4.74 Å². The van der Waals surface area contributed by atoms with E-state index in [0.717, 1.165) is 10.8 Å². The highest BCUT2D eigenvalue weighted by Crippen LogP contribution is 2.30. The van der Waals surface area contributed by atoms with Crippen LogP contribution < -0.4 is 10.1 Å². The van der Waals surface area contributed by atoms with Gasteiger partial charge in [-0.1, -0.05) is 55.1 Å². The van der Waals surface area contributed by atoms with E-state index >= 15 is 0 Å². The molecule has 2 rings (SSSR count). The number of para-hydroxylation sites is 1. The summed E-state index contributed by atoms with van der Waals surface area (Å²) in [6.45, 7) is 5.97. The lowest BCUT2D eigenvalue weighted by atomic mass is 10.3. The van der Waals surface area contributed by atoms with Gasteiger partial charge in [-0.05, 0) is 25.5 Å². The van der Waals surface area contributed by atoms with Gasteiger partial charge in [0.15, 0.2) is 10.4 Å².